The first kappa shape index (κ1) is 22.8. The summed E-state index contributed by atoms with van der Waals surface area (Å²) in [6.45, 7) is 1.61. The van der Waals surface area contributed by atoms with Gasteiger partial charge in [-0.15, -0.1) is 0 Å². The number of ether oxygens (including phenoxy) is 3. The number of fused-ring (bicyclic) bond motifs is 1. The zero-order valence-corrected chi connectivity index (χ0v) is 17.4. The van der Waals surface area contributed by atoms with Crippen molar-refractivity contribution in [3.05, 3.63) is 0 Å². The van der Waals surface area contributed by atoms with E-state index in [0.717, 1.165) is 12.8 Å². The van der Waals surface area contributed by atoms with E-state index >= 15 is 0 Å². The lowest BCUT2D eigenvalue weighted by molar-refractivity contribution is -0.327. The van der Waals surface area contributed by atoms with Gasteiger partial charge in [0.05, 0.1) is 42.7 Å². The maximum absolute atomic E-state index is 10.5. The van der Waals surface area contributed by atoms with E-state index in [0.29, 0.717) is 32.1 Å². The quantitative estimate of drug-likeness (QED) is 0.331. The summed E-state index contributed by atoms with van der Waals surface area (Å²) in [7, 11) is 0. The molecule has 4 rings (SSSR count). The summed E-state index contributed by atoms with van der Waals surface area (Å²) in [6, 6.07) is 0. The van der Waals surface area contributed by atoms with Gasteiger partial charge in [-0.2, -0.15) is 0 Å². The first-order chi connectivity index (χ1) is 14.2. The van der Waals surface area contributed by atoms with Crippen molar-refractivity contribution in [3.8, 4) is 0 Å². The minimum atomic E-state index is -1.40. The molecule has 0 bridgehead atoms. The number of hydrogen-bond donors (Lipinski definition) is 6. The van der Waals surface area contributed by atoms with Crippen LogP contribution in [0.1, 0.15) is 51.9 Å². The Hall–Kier alpha value is -0.360. The van der Waals surface area contributed by atoms with Crippen LogP contribution in [0.2, 0.25) is 0 Å². The Morgan fingerprint density at radius 3 is 2.13 bits per heavy atom. The topological polar surface area (TPSA) is 149 Å². The lowest BCUT2D eigenvalue weighted by Crippen LogP contribution is -2.61. The Balaban J connectivity index is 1.51. The van der Waals surface area contributed by atoms with Gasteiger partial charge in [0.2, 0.25) is 0 Å². The SMILES string of the molecule is C[C@@H]1O[C@@H](OC2CC3C(O)CC(O)CC3OC2C2CCC(O)CC2)[C@H](O)[C@H](O)[C@H]1O. The fraction of sp³-hybridized carbons (Fsp3) is 1.00. The van der Waals surface area contributed by atoms with Crippen LogP contribution in [0, 0.1) is 11.8 Å². The molecule has 0 aromatic rings. The molecule has 2 saturated heterocycles. The van der Waals surface area contributed by atoms with E-state index in [1.807, 2.05) is 0 Å². The van der Waals surface area contributed by atoms with Gasteiger partial charge in [0.15, 0.2) is 6.29 Å². The van der Waals surface area contributed by atoms with E-state index in [1.54, 1.807) is 6.92 Å². The standard InChI is InChI=1S/C21H36O9/c1-9-17(25)18(26)19(27)21(28-9)30-16-8-13-14(24)6-12(23)7-15(13)29-20(16)10-2-4-11(22)5-3-10/h9-27H,2-8H2,1H3/t9-,10?,11?,12?,13?,14?,15?,16?,17-,18+,19+,20?,21-/m0/s1. The molecule has 9 heteroatoms. The van der Waals surface area contributed by atoms with Gasteiger partial charge in [0.25, 0.3) is 0 Å². The van der Waals surface area contributed by atoms with Crippen LogP contribution in [-0.4, -0.2) is 98.0 Å². The average molecular weight is 433 g/mol. The highest BCUT2D eigenvalue weighted by Crippen LogP contribution is 2.43. The molecule has 2 saturated carbocycles. The van der Waals surface area contributed by atoms with Crippen LogP contribution in [0.3, 0.4) is 0 Å². The fourth-order valence-corrected chi connectivity index (χ4v) is 5.67. The molecule has 0 radical (unpaired) electrons. The lowest BCUT2D eigenvalue weighted by Gasteiger charge is -2.50. The molecule has 30 heavy (non-hydrogen) atoms. The molecule has 11 atom stereocenters. The number of aliphatic hydroxyl groups is 6. The Morgan fingerprint density at radius 1 is 0.733 bits per heavy atom. The Morgan fingerprint density at radius 2 is 1.43 bits per heavy atom. The van der Waals surface area contributed by atoms with Crippen molar-refractivity contribution in [2.45, 2.75) is 119 Å². The van der Waals surface area contributed by atoms with Crippen molar-refractivity contribution in [1.29, 1.82) is 0 Å². The van der Waals surface area contributed by atoms with Crippen molar-refractivity contribution in [1.82, 2.24) is 0 Å². The third kappa shape index (κ3) is 4.55. The smallest absolute Gasteiger partial charge is 0.186 e. The van der Waals surface area contributed by atoms with E-state index in [-0.39, 0.29) is 30.1 Å². The second-order valence-corrected chi connectivity index (χ2v) is 9.66. The second-order valence-electron chi connectivity index (χ2n) is 9.66. The van der Waals surface area contributed by atoms with E-state index in [2.05, 4.69) is 0 Å². The summed E-state index contributed by atoms with van der Waals surface area (Å²) in [5, 5.41) is 61.0. The molecule has 2 heterocycles. The lowest BCUT2D eigenvalue weighted by atomic mass is 9.73. The minimum Gasteiger partial charge on any atom is -0.393 e. The molecular formula is C21H36O9. The van der Waals surface area contributed by atoms with Crippen LogP contribution in [0.15, 0.2) is 0 Å². The first-order valence-electron chi connectivity index (χ1n) is 11.3. The Kier molecular flexibility index (Phi) is 7.04. The van der Waals surface area contributed by atoms with Crippen molar-refractivity contribution in [2.24, 2.45) is 11.8 Å². The van der Waals surface area contributed by atoms with Gasteiger partial charge in [0, 0.05) is 5.92 Å². The third-order valence-corrected chi connectivity index (χ3v) is 7.52. The molecule has 6 N–H and O–H groups in total. The van der Waals surface area contributed by atoms with E-state index in [9.17, 15) is 30.6 Å². The third-order valence-electron chi connectivity index (χ3n) is 7.52. The molecule has 6 unspecified atom stereocenters. The van der Waals surface area contributed by atoms with Gasteiger partial charge >= 0.3 is 0 Å². The van der Waals surface area contributed by atoms with Gasteiger partial charge in [-0.3, -0.25) is 0 Å². The Labute approximate surface area is 176 Å². The molecule has 0 aromatic heterocycles. The molecule has 0 aromatic carbocycles. The van der Waals surface area contributed by atoms with E-state index in [4.69, 9.17) is 14.2 Å². The number of aliphatic hydroxyl groups excluding tert-OH is 6. The van der Waals surface area contributed by atoms with Crippen molar-refractivity contribution in [2.75, 3.05) is 0 Å². The average Bonchev–Trinajstić information content (AvgIpc) is 2.71. The summed E-state index contributed by atoms with van der Waals surface area (Å²) in [5.74, 6) is -0.0539. The molecule has 4 aliphatic rings. The van der Waals surface area contributed by atoms with Crippen LogP contribution in [0.25, 0.3) is 0 Å². The molecular weight excluding hydrogens is 396 g/mol. The Bertz CT molecular complexity index is 569. The van der Waals surface area contributed by atoms with Crippen LogP contribution in [0.5, 0.6) is 0 Å². The molecule has 0 spiro atoms. The van der Waals surface area contributed by atoms with E-state index < -0.39 is 49.0 Å². The zero-order chi connectivity index (χ0) is 21.6. The fourth-order valence-electron chi connectivity index (χ4n) is 5.67. The summed E-state index contributed by atoms with van der Waals surface area (Å²) < 4.78 is 18.2. The highest BCUT2D eigenvalue weighted by atomic mass is 16.7. The summed E-state index contributed by atoms with van der Waals surface area (Å²) >= 11 is 0. The molecule has 174 valence electrons. The van der Waals surface area contributed by atoms with Crippen molar-refractivity contribution in [3.63, 3.8) is 0 Å². The predicted molar refractivity (Wildman–Crippen MR) is 103 cm³/mol. The maximum atomic E-state index is 10.5. The van der Waals surface area contributed by atoms with Crippen LogP contribution >= 0.6 is 0 Å². The zero-order valence-electron chi connectivity index (χ0n) is 17.4. The van der Waals surface area contributed by atoms with Crippen LogP contribution in [-0.2, 0) is 14.2 Å². The van der Waals surface area contributed by atoms with E-state index in [1.165, 1.54) is 0 Å². The monoisotopic (exact) mass is 432 g/mol. The minimum absolute atomic E-state index is 0.143. The van der Waals surface area contributed by atoms with Gasteiger partial charge in [-0.05, 0) is 57.8 Å². The maximum Gasteiger partial charge on any atom is 0.186 e. The highest BCUT2D eigenvalue weighted by Gasteiger charge is 2.50. The van der Waals surface area contributed by atoms with Crippen molar-refractivity contribution >= 4 is 0 Å². The van der Waals surface area contributed by atoms with Crippen LogP contribution in [0.4, 0.5) is 0 Å². The molecule has 4 fully saturated rings. The summed E-state index contributed by atoms with van der Waals surface area (Å²) in [4.78, 5) is 0. The molecule has 9 nitrogen and oxygen atoms in total. The number of rotatable bonds is 3. The summed E-state index contributed by atoms with van der Waals surface area (Å²) in [5.41, 5.74) is 0. The van der Waals surface area contributed by atoms with Crippen molar-refractivity contribution < 1.29 is 44.8 Å². The van der Waals surface area contributed by atoms with Gasteiger partial charge in [-0.25, -0.2) is 0 Å². The highest BCUT2D eigenvalue weighted by molar-refractivity contribution is 4.98. The second kappa shape index (κ2) is 9.25. The molecule has 2 aliphatic carbocycles. The molecule has 2 aliphatic heterocycles. The molecule has 0 amide bonds. The number of hydrogen-bond acceptors (Lipinski definition) is 9. The van der Waals surface area contributed by atoms with Crippen LogP contribution < -0.4 is 0 Å². The van der Waals surface area contributed by atoms with Gasteiger partial charge in [0.1, 0.15) is 18.3 Å². The first-order valence-corrected chi connectivity index (χ1v) is 11.3. The largest absolute Gasteiger partial charge is 0.393 e. The van der Waals surface area contributed by atoms with Gasteiger partial charge < -0.3 is 44.8 Å². The van der Waals surface area contributed by atoms with Gasteiger partial charge in [-0.1, -0.05) is 0 Å². The predicted octanol–water partition coefficient (Wildman–Crippen LogP) is -0.960. The summed E-state index contributed by atoms with van der Waals surface area (Å²) in [6.07, 6.45) is -4.35. The normalized spacial score (nSPS) is 55.1.